The van der Waals surface area contributed by atoms with E-state index in [0.717, 1.165) is 31.6 Å². The van der Waals surface area contributed by atoms with Crippen molar-refractivity contribution in [2.24, 2.45) is 0 Å². The van der Waals surface area contributed by atoms with Gasteiger partial charge in [0.15, 0.2) is 0 Å². The molecule has 1 heterocycles. The second-order valence-electron chi connectivity index (χ2n) is 4.08. The van der Waals surface area contributed by atoms with Gasteiger partial charge in [-0.1, -0.05) is 6.42 Å². The van der Waals surface area contributed by atoms with Crippen molar-refractivity contribution in [3.63, 3.8) is 0 Å². The van der Waals surface area contributed by atoms with Crippen molar-refractivity contribution >= 4 is 11.6 Å². The van der Waals surface area contributed by atoms with E-state index in [1.54, 1.807) is 0 Å². The molecule has 4 heteroatoms. The molecule has 0 atom stereocenters. The fraction of sp³-hybridized carbons (Fsp3) is 0.727. The molecule has 15 heavy (non-hydrogen) atoms. The molecule has 0 aromatic carbocycles. The standard InChI is InChI=1S/C11H18ClN3/c12-5-8-14(11-3-1-4-11)9-10-15-7-2-6-13-15/h2,6-7,11H,1,3-5,8-10H2. The van der Waals surface area contributed by atoms with Gasteiger partial charge in [0.1, 0.15) is 0 Å². The van der Waals surface area contributed by atoms with E-state index in [1.165, 1.54) is 19.3 Å². The summed E-state index contributed by atoms with van der Waals surface area (Å²) in [5.41, 5.74) is 0. The molecule has 0 spiro atoms. The summed E-state index contributed by atoms with van der Waals surface area (Å²) >= 11 is 5.82. The van der Waals surface area contributed by atoms with Crippen LogP contribution in [0, 0.1) is 0 Å². The first-order chi connectivity index (χ1) is 7.40. The molecule has 0 radical (unpaired) electrons. The molecule has 1 fully saturated rings. The number of rotatable bonds is 6. The van der Waals surface area contributed by atoms with E-state index in [1.807, 2.05) is 23.1 Å². The van der Waals surface area contributed by atoms with Crippen molar-refractivity contribution in [3.05, 3.63) is 18.5 Å². The summed E-state index contributed by atoms with van der Waals surface area (Å²) in [5, 5.41) is 4.21. The molecule has 3 nitrogen and oxygen atoms in total. The summed E-state index contributed by atoms with van der Waals surface area (Å²) in [4.78, 5) is 2.50. The van der Waals surface area contributed by atoms with E-state index in [9.17, 15) is 0 Å². The number of nitrogens with zero attached hydrogens (tertiary/aromatic N) is 3. The monoisotopic (exact) mass is 227 g/mol. The van der Waals surface area contributed by atoms with Gasteiger partial charge in [-0.15, -0.1) is 11.6 Å². The molecule has 0 aliphatic heterocycles. The zero-order chi connectivity index (χ0) is 10.5. The van der Waals surface area contributed by atoms with Gasteiger partial charge in [0.25, 0.3) is 0 Å². The summed E-state index contributed by atoms with van der Waals surface area (Å²) in [6.45, 7) is 3.05. The van der Waals surface area contributed by atoms with Gasteiger partial charge in [0.05, 0.1) is 6.54 Å². The van der Waals surface area contributed by atoms with Crippen LogP contribution in [0.5, 0.6) is 0 Å². The van der Waals surface area contributed by atoms with Gasteiger partial charge in [-0.05, 0) is 18.9 Å². The van der Waals surface area contributed by atoms with Gasteiger partial charge in [0, 0.05) is 37.4 Å². The maximum atomic E-state index is 5.82. The quantitative estimate of drug-likeness (QED) is 0.693. The van der Waals surface area contributed by atoms with Gasteiger partial charge < -0.3 is 0 Å². The zero-order valence-electron chi connectivity index (χ0n) is 8.98. The van der Waals surface area contributed by atoms with Crippen LogP contribution >= 0.6 is 11.6 Å². The van der Waals surface area contributed by atoms with Gasteiger partial charge >= 0.3 is 0 Å². The summed E-state index contributed by atoms with van der Waals surface area (Å²) in [5.74, 6) is 0.732. The number of hydrogen-bond acceptors (Lipinski definition) is 2. The van der Waals surface area contributed by atoms with E-state index in [4.69, 9.17) is 11.6 Å². The molecular formula is C11H18ClN3. The number of hydrogen-bond donors (Lipinski definition) is 0. The largest absolute Gasteiger partial charge is 0.297 e. The van der Waals surface area contributed by atoms with Crippen LogP contribution < -0.4 is 0 Å². The predicted octanol–water partition coefficient (Wildman–Crippen LogP) is 1.98. The maximum absolute atomic E-state index is 5.82. The third-order valence-electron chi connectivity index (χ3n) is 3.14. The lowest BCUT2D eigenvalue weighted by atomic mass is 9.91. The van der Waals surface area contributed by atoms with E-state index in [2.05, 4.69) is 10.00 Å². The van der Waals surface area contributed by atoms with Crippen LogP contribution in [0.15, 0.2) is 18.5 Å². The Hall–Kier alpha value is -0.540. The molecule has 0 unspecified atom stereocenters. The Labute approximate surface area is 96.0 Å². The summed E-state index contributed by atoms with van der Waals surface area (Å²) in [6.07, 6.45) is 7.91. The molecular weight excluding hydrogens is 210 g/mol. The highest BCUT2D eigenvalue weighted by Gasteiger charge is 2.23. The van der Waals surface area contributed by atoms with E-state index in [0.29, 0.717) is 0 Å². The topological polar surface area (TPSA) is 21.1 Å². The second kappa shape index (κ2) is 5.52. The molecule has 0 bridgehead atoms. The Bertz CT molecular complexity index is 269. The lowest BCUT2D eigenvalue weighted by Gasteiger charge is -2.37. The van der Waals surface area contributed by atoms with Crippen LogP contribution in [-0.4, -0.2) is 39.7 Å². The molecule has 1 aromatic heterocycles. The maximum Gasteiger partial charge on any atom is 0.0536 e. The molecule has 1 aromatic rings. The van der Waals surface area contributed by atoms with E-state index >= 15 is 0 Å². The fourth-order valence-corrected chi connectivity index (χ4v) is 2.22. The molecule has 84 valence electrons. The fourth-order valence-electron chi connectivity index (χ4n) is 2.00. The SMILES string of the molecule is ClCCN(CCn1cccn1)C1CCC1. The van der Waals surface area contributed by atoms with Gasteiger partial charge in [0.2, 0.25) is 0 Å². The van der Waals surface area contributed by atoms with Crippen molar-refractivity contribution < 1.29 is 0 Å². The summed E-state index contributed by atoms with van der Waals surface area (Å²) in [6, 6.07) is 2.74. The first-order valence-corrected chi connectivity index (χ1v) is 6.21. The lowest BCUT2D eigenvalue weighted by molar-refractivity contribution is 0.129. The van der Waals surface area contributed by atoms with E-state index < -0.39 is 0 Å². The first-order valence-electron chi connectivity index (χ1n) is 5.67. The lowest BCUT2D eigenvalue weighted by Crippen LogP contribution is -2.42. The minimum atomic E-state index is 0.732. The van der Waals surface area contributed by atoms with E-state index in [-0.39, 0.29) is 0 Å². The minimum Gasteiger partial charge on any atom is -0.297 e. The smallest absolute Gasteiger partial charge is 0.0536 e. The third kappa shape index (κ3) is 2.95. The summed E-state index contributed by atoms with van der Waals surface area (Å²) in [7, 11) is 0. The van der Waals surface area contributed by atoms with Crippen LogP contribution in [0.2, 0.25) is 0 Å². The highest BCUT2D eigenvalue weighted by atomic mass is 35.5. The number of alkyl halides is 1. The average Bonchev–Trinajstić information content (AvgIpc) is 2.64. The first kappa shape index (κ1) is 11.0. The highest BCUT2D eigenvalue weighted by molar-refractivity contribution is 6.18. The number of halogens is 1. The van der Waals surface area contributed by atoms with Crippen LogP contribution in [-0.2, 0) is 6.54 Å². The normalized spacial score (nSPS) is 16.9. The van der Waals surface area contributed by atoms with Gasteiger partial charge in [-0.25, -0.2) is 0 Å². The molecule has 1 aliphatic rings. The van der Waals surface area contributed by atoms with Crippen molar-refractivity contribution in [1.82, 2.24) is 14.7 Å². The molecule has 1 aliphatic carbocycles. The zero-order valence-corrected chi connectivity index (χ0v) is 9.73. The Balaban J connectivity index is 1.78. The van der Waals surface area contributed by atoms with Crippen LogP contribution in [0.25, 0.3) is 0 Å². The highest BCUT2D eigenvalue weighted by Crippen LogP contribution is 2.24. The van der Waals surface area contributed by atoms with Crippen molar-refractivity contribution in [1.29, 1.82) is 0 Å². The molecule has 0 amide bonds. The van der Waals surface area contributed by atoms with Crippen molar-refractivity contribution in [3.8, 4) is 0 Å². The molecule has 0 N–H and O–H groups in total. The van der Waals surface area contributed by atoms with Crippen molar-refractivity contribution in [2.75, 3.05) is 19.0 Å². The average molecular weight is 228 g/mol. The third-order valence-corrected chi connectivity index (χ3v) is 3.31. The van der Waals surface area contributed by atoms with Gasteiger partial charge in [-0.2, -0.15) is 5.10 Å². The van der Waals surface area contributed by atoms with Gasteiger partial charge in [-0.3, -0.25) is 9.58 Å². The Morgan fingerprint density at radius 1 is 1.40 bits per heavy atom. The summed E-state index contributed by atoms with van der Waals surface area (Å²) < 4.78 is 1.99. The molecule has 2 rings (SSSR count). The van der Waals surface area contributed by atoms with Crippen LogP contribution in [0.1, 0.15) is 19.3 Å². The van der Waals surface area contributed by atoms with Crippen molar-refractivity contribution in [2.45, 2.75) is 31.8 Å². The number of aromatic nitrogens is 2. The second-order valence-corrected chi connectivity index (χ2v) is 4.46. The predicted molar refractivity (Wildman–Crippen MR) is 62.2 cm³/mol. The Kier molecular flexibility index (Phi) is 4.03. The molecule has 1 saturated carbocycles. The molecule has 0 saturated heterocycles. The minimum absolute atomic E-state index is 0.732. The Morgan fingerprint density at radius 3 is 2.80 bits per heavy atom. The van der Waals surface area contributed by atoms with Crippen LogP contribution in [0.3, 0.4) is 0 Å². The van der Waals surface area contributed by atoms with Crippen LogP contribution in [0.4, 0.5) is 0 Å². The Morgan fingerprint density at radius 2 is 2.27 bits per heavy atom.